The van der Waals surface area contributed by atoms with Gasteiger partial charge in [-0.05, 0) is 30.9 Å². The molecule has 0 amide bonds. The van der Waals surface area contributed by atoms with E-state index in [9.17, 15) is 0 Å². The second-order valence-corrected chi connectivity index (χ2v) is 7.47. The number of para-hydroxylation sites is 1. The van der Waals surface area contributed by atoms with Crippen LogP contribution in [0, 0.1) is 5.92 Å². The van der Waals surface area contributed by atoms with E-state index >= 15 is 0 Å². The van der Waals surface area contributed by atoms with Gasteiger partial charge < -0.3 is 10.5 Å². The zero-order valence-corrected chi connectivity index (χ0v) is 13.7. The molecule has 3 unspecified atom stereocenters. The predicted molar refractivity (Wildman–Crippen MR) is 88.7 cm³/mol. The topological polar surface area (TPSA) is 48.1 Å². The van der Waals surface area contributed by atoms with Crippen molar-refractivity contribution in [1.82, 2.24) is 4.98 Å². The van der Waals surface area contributed by atoms with Crippen LogP contribution in [0.15, 0.2) is 24.3 Å². The maximum atomic E-state index is 6.55. The lowest BCUT2D eigenvalue weighted by molar-refractivity contribution is -0.0705. The van der Waals surface area contributed by atoms with E-state index in [2.05, 4.69) is 25.1 Å². The second kappa shape index (κ2) is 6.03. The fraction of sp³-hybridized carbons (Fsp3) is 0.588. The lowest BCUT2D eigenvalue weighted by atomic mass is 9.74. The molecule has 2 N–H and O–H groups in total. The van der Waals surface area contributed by atoms with Crippen LogP contribution >= 0.6 is 11.3 Å². The van der Waals surface area contributed by atoms with Crippen LogP contribution in [0.2, 0.25) is 0 Å². The summed E-state index contributed by atoms with van der Waals surface area (Å²) in [6.07, 6.45) is 5.44. The average molecular weight is 304 g/mol. The first-order chi connectivity index (χ1) is 10.1. The molecule has 3 atom stereocenters. The first kappa shape index (κ1) is 14.9. The van der Waals surface area contributed by atoms with Gasteiger partial charge in [-0.25, -0.2) is 4.98 Å². The highest BCUT2D eigenvalue weighted by Gasteiger charge is 2.40. The predicted octanol–water partition coefficient (Wildman–Crippen LogP) is 3.76. The second-order valence-electron chi connectivity index (χ2n) is 6.36. The number of methoxy groups -OCH3 is 1. The highest BCUT2D eigenvalue weighted by Crippen LogP contribution is 2.38. The first-order valence-corrected chi connectivity index (χ1v) is 8.60. The number of nitrogens with zero attached hydrogens (tertiary/aromatic N) is 1. The zero-order chi connectivity index (χ0) is 14.9. The summed E-state index contributed by atoms with van der Waals surface area (Å²) >= 11 is 1.75. The molecule has 1 aliphatic rings. The molecule has 0 radical (unpaired) electrons. The van der Waals surface area contributed by atoms with E-state index in [1.807, 2.05) is 13.2 Å². The molecule has 0 bridgehead atoms. The summed E-state index contributed by atoms with van der Waals surface area (Å²) in [7, 11) is 1.82. The summed E-state index contributed by atoms with van der Waals surface area (Å²) in [5.74, 6) is 0.695. The van der Waals surface area contributed by atoms with Crippen LogP contribution in [-0.4, -0.2) is 23.7 Å². The highest BCUT2D eigenvalue weighted by atomic mass is 32.1. The average Bonchev–Trinajstić information content (AvgIpc) is 2.89. The lowest BCUT2D eigenvalue weighted by Gasteiger charge is -2.43. The number of hydrogen-bond donors (Lipinski definition) is 1. The largest absolute Gasteiger partial charge is 0.377 e. The van der Waals surface area contributed by atoms with Crippen molar-refractivity contribution in [3.63, 3.8) is 0 Å². The third-order valence-corrected chi connectivity index (χ3v) is 5.86. The Morgan fingerprint density at radius 3 is 3.00 bits per heavy atom. The van der Waals surface area contributed by atoms with Gasteiger partial charge in [-0.1, -0.05) is 31.9 Å². The van der Waals surface area contributed by atoms with Gasteiger partial charge in [0, 0.05) is 19.6 Å². The van der Waals surface area contributed by atoms with Gasteiger partial charge in [0.05, 0.1) is 20.8 Å². The maximum Gasteiger partial charge on any atom is 0.0955 e. The summed E-state index contributed by atoms with van der Waals surface area (Å²) in [5.41, 5.74) is 7.46. The molecule has 1 aromatic carbocycles. The van der Waals surface area contributed by atoms with Gasteiger partial charge in [0.25, 0.3) is 0 Å². The minimum absolute atomic E-state index is 0.0193. The Labute approximate surface area is 130 Å². The van der Waals surface area contributed by atoms with Crippen LogP contribution in [0.3, 0.4) is 0 Å². The van der Waals surface area contributed by atoms with Gasteiger partial charge >= 0.3 is 0 Å². The maximum absolute atomic E-state index is 6.55. The summed E-state index contributed by atoms with van der Waals surface area (Å²) in [6, 6.07) is 8.30. The van der Waals surface area contributed by atoms with E-state index in [4.69, 9.17) is 15.5 Å². The first-order valence-electron chi connectivity index (χ1n) is 7.78. The summed E-state index contributed by atoms with van der Waals surface area (Å²) in [6.45, 7) is 2.30. The van der Waals surface area contributed by atoms with Crippen LogP contribution < -0.4 is 5.73 Å². The van der Waals surface area contributed by atoms with E-state index in [0.717, 1.165) is 29.8 Å². The number of nitrogens with two attached hydrogens (primary N) is 1. The third kappa shape index (κ3) is 2.98. The minimum atomic E-state index is -0.171. The Balaban J connectivity index is 1.79. The Hall–Kier alpha value is -0.970. The lowest BCUT2D eigenvalue weighted by Crippen LogP contribution is -2.53. The SMILES string of the molecule is COC1(C(N)Cc2nc3ccccc3s2)CCCC(C)C1. The molecule has 0 aliphatic heterocycles. The summed E-state index contributed by atoms with van der Waals surface area (Å²) in [5, 5.41) is 1.12. The normalized spacial score (nSPS) is 27.9. The minimum Gasteiger partial charge on any atom is -0.377 e. The van der Waals surface area contributed by atoms with Gasteiger partial charge in [0.1, 0.15) is 0 Å². The van der Waals surface area contributed by atoms with E-state index in [1.165, 1.54) is 17.5 Å². The molecule has 3 nitrogen and oxygen atoms in total. The number of thiazole rings is 1. The van der Waals surface area contributed by atoms with Crippen LogP contribution in [0.4, 0.5) is 0 Å². The van der Waals surface area contributed by atoms with E-state index in [1.54, 1.807) is 11.3 Å². The van der Waals surface area contributed by atoms with Gasteiger partial charge in [-0.3, -0.25) is 0 Å². The number of fused-ring (bicyclic) bond motifs is 1. The van der Waals surface area contributed by atoms with Crippen LogP contribution in [0.25, 0.3) is 10.2 Å². The van der Waals surface area contributed by atoms with Crippen LogP contribution in [0.5, 0.6) is 0 Å². The van der Waals surface area contributed by atoms with Gasteiger partial charge in [-0.2, -0.15) is 0 Å². The molecular formula is C17H24N2OS. The van der Waals surface area contributed by atoms with Crippen molar-refractivity contribution in [2.75, 3.05) is 7.11 Å². The number of aromatic nitrogens is 1. The van der Waals surface area contributed by atoms with Gasteiger partial charge in [-0.15, -0.1) is 11.3 Å². The molecule has 0 saturated heterocycles. The van der Waals surface area contributed by atoms with Gasteiger partial charge in [0.15, 0.2) is 0 Å². The molecule has 1 saturated carbocycles. The number of benzene rings is 1. The van der Waals surface area contributed by atoms with Gasteiger partial charge in [0.2, 0.25) is 0 Å². The van der Waals surface area contributed by atoms with Crippen molar-refractivity contribution in [2.45, 2.75) is 50.7 Å². The standard InChI is InChI=1S/C17H24N2OS/c1-12-6-5-9-17(11-12,20-2)15(18)10-16-19-13-7-3-4-8-14(13)21-16/h3-4,7-8,12,15H,5-6,9-11,18H2,1-2H3. The Morgan fingerprint density at radius 1 is 1.48 bits per heavy atom. The third-order valence-electron chi connectivity index (χ3n) is 4.81. The Morgan fingerprint density at radius 2 is 2.29 bits per heavy atom. The molecular weight excluding hydrogens is 280 g/mol. The molecule has 3 rings (SSSR count). The fourth-order valence-electron chi connectivity index (χ4n) is 3.60. The number of rotatable bonds is 4. The van der Waals surface area contributed by atoms with Crippen molar-refractivity contribution in [3.05, 3.63) is 29.3 Å². The fourth-order valence-corrected chi connectivity index (χ4v) is 4.62. The van der Waals surface area contributed by atoms with E-state index < -0.39 is 0 Å². The van der Waals surface area contributed by atoms with Crippen molar-refractivity contribution >= 4 is 21.6 Å². The monoisotopic (exact) mass is 304 g/mol. The van der Waals surface area contributed by atoms with Crippen LogP contribution in [0.1, 0.15) is 37.6 Å². The van der Waals surface area contributed by atoms with Crippen molar-refractivity contribution in [3.8, 4) is 0 Å². The Bertz CT molecular complexity index is 579. The highest BCUT2D eigenvalue weighted by molar-refractivity contribution is 7.18. The Kier molecular flexibility index (Phi) is 4.29. The van der Waals surface area contributed by atoms with Crippen molar-refractivity contribution in [1.29, 1.82) is 0 Å². The molecule has 1 fully saturated rings. The van der Waals surface area contributed by atoms with E-state index in [0.29, 0.717) is 5.92 Å². The molecule has 0 spiro atoms. The van der Waals surface area contributed by atoms with Crippen LogP contribution in [-0.2, 0) is 11.2 Å². The van der Waals surface area contributed by atoms with Crippen molar-refractivity contribution in [2.24, 2.45) is 11.7 Å². The summed E-state index contributed by atoms with van der Waals surface area (Å²) < 4.78 is 7.15. The molecule has 2 aromatic rings. The molecule has 1 heterocycles. The quantitative estimate of drug-likeness (QED) is 0.935. The van der Waals surface area contributed by atoms with Crippen molar-refractivity contribution < 1.29 is 4.74 Å². The van der Waals surface area contributed by atoms with E-state index in [-0.39, 0.29) is 11.6 Å². The zero-order valence-electron chi connectivity index (χ0n) is 12.8. The summed E-state index contributed by atoms with van der Waals surface area (Å²) in [4.78, 5) is 4.71. The molecule has 1 aromatic heterocycles. The number of hydrogen-bond acceptors (Lipinski definition) is 4. The smallest absolute Gasteiger partial charge is 0.0955 e. The molecule has 4 heteroatoms. The molecule has 21 heavy (non-hydrogen) atoms. The molecule has 1 aliphatic carbocycles. The molecule has 114 valence electrons. The number of ether oxygens (including phenoxy) is 1.